The molecule has 1 fully saturated rings. The number of nitrogens with zero attached hydrogens (tertiary/aromatic N) is 1. The average Bonchev–Trinajstić information content (AvgIpc) is 2.33. The maximum Gasteiger partial charge on any atom is 0.327 e. The molecule has 0 aromatic heterocycles. The quantitative estimate of drug-likeness (QED) is 0.672. The zero-order valence-electron chi connectivity index (χ0n) is 10.9. The van der Waals surface area contributed by atoms with E-state index in [1.165, 1.54) is 26.2 Å². The lowest BCUT2D eigenvalue weighted by Gasteiger charge is -2.26. The van der Waals surface area contributed by atoms with E-state index in [1.807, 2.05) is 0 Å². The van der Waals surface area contributed by atoms with Crippen LogP contribution in [0.2, 0.25) is 0 Å². The van der Waals surface area contributed by atoms with Gasteiger partial charge in [0.05, 0.1) is 0 Å². The van der Waals surface area contributed by atoms with Gasteiger partial charge in [0.25, 0.3) is 0 Å². The van der Waals surface area contributed by atoms with Gasteiger partial charge in [0.1, 0.15) is 6.04 Å². The number of likely N-dealkylation sites (tertiary alicyclic amines) is 1. The third-order valence-electron chi connectivity index (χ3n) is 2.96. The van der Waals surface area contributed by atoms with Gasteiger partial charge in [-0.25, -0.2) is 4.79 Å². The van der Waals surface area contributed by atoms with Crippen LogP contribution in [0.3, 0.4) is 0 Å². The van der Waals surface area contributed by atoms with Gasteiger partial charge >= 0.3 is 5.97 Å². The number of piperidine rings is 1. The molecule has 1 amide bonds. The van der Waals surface area contributed by atoms with E-state index >= 15 is 0 Å². The van der Waals surface area contributed by atoms with Crippen LogP contribution in [0.25, 0.3) is 0 Å². The Morgan fingerprint density at radius 1 is 1.33 bits per heavy atom. The molecule has 1 aliphatic rings. The summed E-state index contributed by atoms with van der Waals surface area (Å²) in [6.45, 7) is 4.68. The molecule has 18 heavy (non-hydrogen) atoms. The second-order valence-electron chi connectivity index (χ2n) is 4.57. The molecule has 0 spiro atoms. The normalized spacial score (nSPS) is 18.3. The van der Waals surface area contributed by atoms with Crippen LogP contribution in [-0.2, 0) is 9.59 Å². The highest BCUT2D eigenvalue weighted by molar-refractivity contribution is 7.99. The molecule has 104 valence electrons. The van der Waals surface area contributed by atoms with Crippen LogP contribution < -0.4 is 5.32 Å². The van der Waals surface area contributed by atoms with Crippen molar-refractivity contribution in [3.05, 3.63) is 0 Å². The fourth-order valence-corrected chi connectivity index (χ4v) is 3.01. The lowest BCUT2D eigenvalue weighted by atomic mass is 10.1. The van der Waals surface area contributed by atoms with E-state index in [4.69, 9.17) is 5.11 Å². The molecule has 6 heteroatoms. The second kappa shape index (κ2) is 8.37. The Morgan fingerprint density at radius 2 is 2.00 bits per heavy atom. The Morgan fingerprint density at radius 3 is 2.56 bits per heavy atom. The third kappa shape index (κ3) is 6.26. The van der Waals surface area contributed by atoms with Crippen molar-refractivity contribution in [2.45, 2.75) is 32.2 Å². The van der Waals surface area contributed by atoms with Crippen molar-refractivity contribution in [1.29, 1.82) is 0 Å². The van der Waals surface area contributed by atoms with E-state index in [0.29, 0.717) is 5.75 Å². The van der Waals surface area contributed by atoms with Crippen molar-refractivity contribution >= 4 is 23.6 Å². The van der Waals surface area contributed by atoms with Crippen LogP contribution >= 0.6 is 11.8 Å². The Bertz CT molecular complexity index is 280. The summed E-state index contributed by atoms with van der Waals surface area (Å²) in [6, 6.07) is -0.770. The summed E-state index contributed by atoms with van der Waals surface area (Å²) in [5, 5.41) is 11.4. The first-order chi connectivity index (χ1) is 8.59. The topological polar surface area (TPSA) is 69.6 Å². The van der Waals surface area contributed by atoms with E-state index < -0.39 is 12.0 Å². The average molecular weight is 274 g/mol. The number of hydrogen-bond donors (Lipinski definition) is 2. The van der Waals surface area contributed by atoms with Crippen molar-refractivity contribution in [3.63, 3.8) is 0 Å². The molecular formula is C12H22N2O3S. The predicted molar refractivity (Wildman–Crippen MR) is 72.9 cm³/mol. The molecule has 0 aromatic rings. The van der Waals surface area contributed by atoms with Gasteiger partial charge in [0, 0.05) is 25.0 Å². The molecule has 1 atom stereocenters. The van der Waals surface area contributed by atoms with Crippen molar-refractivity contribution < 1.29 is 14.7 Å². The molecule has 1 aliphatic heterocycles. The van der Waals surface area contributed by atoms with Crippen LogP contribution in [0.5, 0.6) is 0 Å². The van der Waals surface area contributed by atoms with Crippen LogP contribution in [0.4, 0.5) is 0 Å². The number of carboxylic acids is 1. The monoisotopic (exact) mass is 274 g/mol. The molecule has 0 aromatic carbocycles. The van der Waals surface area contributed by atoms with Crippen molar-refractivity contribution in [1.82, 2.24) is 10.2 Å². The molecule has 0 saturated carbocycles. The SMILES string of the molecule is CC(=O)N[C@@H](CSCCN1CCCCC1)C(=O)O. The minimum absolute atomic E-state index is 0.293. The van der Waals surface area contributed by atoms with Crippen LogP contribution in [-0.4, -0.2) is 59.1 Å². The van der Waals surface area contributed by atoms with E-state index in [0.717, 1.165) is 25.4 Å². The lowest BCUT2D eigenvalue weighted by molar-refractivity contribution is -0.140. The Balaban J connectivity index is 2.13. The number of hydrogen-bond acceptors (Lipinski definition) is 4. The predicted octanol–water partition coefficient (Wildman–Crippen LogP) is 0.795. The molecule has 1 heterocycles. The summed E-state index contributed by atoms with van der Waals surface area (Å²) in [4.78, 5) is 24.2. The van der Waals surface area contributed by atoms with Crippen LogP contribution in [0.15, 0.2) is 0 Å². The molecule has 1 rings (SSSR count). The largest absolute Gasteiger partial charge is 0.480 e. The molecule has 0 aliphatic carbocycles. The number of nitrogens with one attached hydrogen (secondary N) is 1. The van der Waals surface area contributed by atoms with Crippen molar-refractivity contribution in [2.75, 3.05) is 31.1 Å². The Hall–Kier alpha value is -0.750. The van der Waals surface area contributed by atoms with Crippen molar-refractivity contribution in [3.8, 4) is 0 Å². The summed E-state index contributed by atoms with van der Waals surface area (Å²) >= 11 is 1.59. The van der Waals surface area contributed by atoms with Crippen molar-refractivity contribution in [2.24, 2.45) is 0 Å². The Labute approximate surface area is 112 Å². The number of thioether (sulfide) groups is 1. The van der Waals surface area contributed by atoms with Gasteiger partial charge in [-0.3, -0.25) is 4.79 Å². The van der Waals surface area contributed by atoms with E-state index in [1.54, 1.807) is 11.8 Å². The molecule has 0 unspecified atom stereocenters. The number of rotatable bonds is 7. The lowest BCUT2D eigenvalue weighted by Crippen LogP contribution is -2.41. The fourth-order valence-electron chi connectivity index (χ4n) is 2.00. The maximum atomic E-state index is 10.9. The van der Waals surface area contributed by atoms with E-state index in [9.17, 15) is 9.59 Å². The highest BCUT2D eigenvalue weighted by atomic mass is 32.2. The molecule has 2 N–H and O–H groups in total. The van der Waals surface area contributed by atoms with Gasteiger partial charge in [0.2, 0.25) is 5.91 Å². The van der Waals surface area contributed by atoms with Crippen LogP contribution in [0.1, 0.15) is 26.2 Å². The van der Waals surface area contributed by atoms with Gasteiger partial charge in [-0.2, -0.15) is 11.8 Å². The number of carboxylic acid groups (broad SMARTS) is 1. The van der Waals surface area contributed by atoms with E-state index in [-0.39, 0.29) is 5.91 Å². The van der Waals surface area contributed by atoms with Gasteiger partial charge in [-0.05, 0) is 25.9 Å². The van der Waals surface area contributed by atoms with Gasteiger partial charge < -0.3 is 15.3 Å². The first-order valence-corrected chi connectivity index (χ1v) is 7.55. The minimum atomic E-state index is -0.962. The highest BCUT2D eigenvalue weighted by Gasteiger charge is 2.18. The molecule has 0 radical (unpaired) electrons. The van der Waals surface area contributed by atoms with Crippen LogP contribution in [0, 0.1) is 0 Å². The molecule has 0 bridgehead atoms. The number of amides is 1. The Kier molecular flexibility index (Phi) is 7.12. The summed E-state index contributed by atoms with van der Waals surface area (Å²) in [5.74, 6) is 0.0984. The number of carbonyl (C=O) groups excluding carboxylic acids is 1. The number of aliphatic carboxylic acids is 1. The fraction of sp³-hybridized carbons (Fsp3) is 0.833. The zero-order valence-corrected chi connectivity index (χ0v) is 11.7. The molecule has 5 nitrogen and oxygen atoms in total. The summed E-state index contributed by atoms with van der Waals surface area (Å²) < 4.78 is 0. The first kappa shape index (κ1) is 15.3. The van der Waals surface area contributed by atoms with Gasteiger partial charge in [0.15, 0.2) is 0 Å². The zero-order chi connectivity index (χ0) is 13.4. The summed E-state index contributed by atoms with van der Waals surface area (Å²) in [6.07, 6.45) is 3.87. The summed E-state index contributed by atoms with van der Waals surface area (Å²) in [7, 11) is 0. The van der Waals surface area contributed by atoms with E-state index in [2.05, 4.69) is 10.2 Å². The summed E-state index contributed by atoms with van der Waals surface area (Å²) in [5.41, 5.74) is 0. The van der Waals surface area contributed by atoms with Gasteiger partial charge in [-0.15, -0.1) is 0 Å². The molecule has 1 saturated heterocycles. The smallest absolute Gasteiger partial charge is 0.327 e. The maximum absolute atomic E-state index is 10.9. The second-order valence-corrected chi connectivity index (χ2v) is 5.72. The third-order valence-corrected chi connectivity index (χ3v) is 4.00. The molecular weight excluding hydrogens is 252 g/mol. The first-order valence-electron chi connectivity index (χ1n) is 6.39. The van der Waals surface area contributed by atoms with Gasteiger partial charge in [-0.1, -0.05) is 6.42 Å². The minimum Gasteiger partial charge on any atom is -0.480 e. The standard InChI is InChI=1S/C12H22N2O3S/c1-10(15)13-11(12(16)17)9-18-8-7-14-5-3-2-4-6-14/h11H,2-9H2,1H3,(H,13,15)(H,16,17)/t11-/m0/s1. The number of carbonyl (C=O) groups is 2. The highest BCUT2D eigenvalue weighted by Crippen LogP contribution is 2.10.